The summed E-state index contributed by atoms with van der Waals surface area (Å²) >= 11 is 0. The van der Waals surface area contributed by atoms with E-state index in [0.29, 0.717) is 24.5 Å². The Hall–Kier alpha value is -4.05. The van der Waals surface area contributed by atoms with Crippen LogP contribution in [0.4, 0.5) is 5.69 Å². The number of hydrogen-bond donors (Lipinski definition) is 2. The van der Waals surface area contributed by atoms with E-state index in [-0.39, 0.29) is 0 Å². The Labute approximate surface area is 188 Å². The molecule has 0 aliphatic heterocycles. The summed E-state index contributed by atoms with van der Waals surface area (Å²) in [4.78, 5) is 12.1. The van der Waals surface area contributed by atoms with Gasteiger partial charge in [0, 0.05) is 12.0 Å². The van der Waals surface area contributed by atoms with Crippen LogP contribution < -0.4 is 10.1 Å². The summed E-state index contributed by atoms with van der Waals surface area (Å²) in [6.45, 7) is 0.385. The van der Waals surface area contributed by atoms with Gasteiger partial charge in [0.05, 0.1) is 5.69 Å². The van der Waals surface area contributed by atoms with Gasteiger partial charge in [0.15, 0.2) is 5.75 Å². The Bertz CT molecular complexity index is 1150. The Kier molecular flexibility index (Phi) is 6.83. The van der Waals surface area contributed by atoms with Crippen LogP contribution in [-0.2, 0) is 17.8 Å². The highest BCUT2D eigenvalue weighted by atomic mass is 16.5. The van der Waals surface area contributed by atoms with Gasteiger partial charge < -0.3 is 15.2 Å². The van der Waals surface area contributed by atoms with Crippen LogP contribution in [0.3, 0.4) is 0 Å². The molecule has 2 N–H and O–H groups in total. The minimum absolute atomic E-state index is 0.365. The third-order valence-electron chi connectivity index (χ3n) is 5.24. The van der Waals surface area contributed by atoms with Crippen LogP contribution in [0.5, 0.6) is 5.75 Å². The first kappa shape index (κ1) is 21.2. The molecule has 4 rings (SSSR count). The van der Waals surface area contributed by atoms with Crippen molar-refractivity contribution in [3.63, 3.8) is 0 Å². The van der Waals surface area contributed by atoms with E-state index in [2.05, 4.69) is 5.32 Å². The number of ether oxygens (including phenoxy) is 1. The van der Waals surface area contributed by atoms with Gasteiger partial charge in [-0.15, -0.1) is 0 Å². The largest absolute Gasteiger partial charge is 0.486 e. The summed E-state index contributed by atoms with van der Waals surface area (Å²) in [5.74, 6) is -0.269. The van der Waals surface area contributed by atoms with Gasteiger partial charge in [-0.1, -0.05) is 103 Å². The minimum atomic E-state index is -0.909. The molecule has 4 aromatic rings. The van der Waals surface area contributed by atoms with Gasteiger partial charge in [0.1, 0.15) is 12.6 Å². The number of carboxylic acids is 1. The fraction of sp³-hybridized carbons (Fsp3) is 0.107. The van der Waals surface area contributed by atoms with E-state index < -0.39 is 12.0 Å². The van der Waals surface area contributed by atoms with E-state index in [1.165, 1.54) is 0 Å². The van der Waals surface area contributed by atoms with Crippen LogP contribution >= 0.6 is 0 Å². The zero-order valence-electron chi connectivity index (χ0n) is 17.6. The maximum Gasteiger partial charge on any atom is 0.326 e. The molecule has 0 heterocycles. The van der Waals surface area contributed by atoms with E-state index in [1.54, 1.807) is 0 Å². The fourth-order valence-corrected chi connectivity index (χ4v) is 3.62. The summed E-state index contributed by atoms with van der Waals surface area (Å²) in [6, 6.07) is 34.5. The smallest absolute Gasteiger partial charge is 0.326 e. The minimum Gasteiger partial charge on any atom is -0.486 e. The van der Waals surface area contributed by atoms with Crippen LogP contribution in [0.25, 0.3) is 11.1 Å². The molecular weight excluding hydrogens is 398 g/mol. The predicted octanol–water partition coefficient (Wildman–Crippen LogP) is 6.04. The summed E-state index contributed by atoms with van der Waals surface area (Å²) in [5.41, 5.74) is 4.58. The molecule has 4 heteroatoms. The highest BCUT2D eigenvalue weighted by molar-refractivity contribution is 5.83. The Morgan fingerprint density at radius 1 is 0.750 bits per heavy atom. The quantitative estimate of drug-likeness (QED) is 0.345. The fourth-order valence-electron chi connectivity index (χ4n) is 3.62. The second kappa shape index (κ2) is 10.3. The third-order valence-corrected chi connectivity index (χ3v) is 5.24. The number of hydrogen-bond acceptors (Lipinski definition) is 3. The molecule has 0 radical (unpaired) electrons. The predicted molar refractivity (Wildman–Crippen MR) is 128 cm³/mol. The molecule has 0 aliphatic carbocycles. The first-order valence-electron chi connectivity index (χ1n) is 10.6. The molecule has 0 bridgehead atoms. The summed E-state index contributed by atoms with van der Waals surface area (Å²) in [7, 11) is 0. The molecule has 1 unspecified atom stereocenters. The first-order valence-corrected chi connectivity index (χ1v) is 10.6. The van der Waals surface area contributed by atoms with Crippen molar-refractivity contribution in [3.8, 4) is 16.9 Å². The zero-order chi connectivity index (χ0) is 22.2. The lowest BCUT2D eigenvalue weighted by atomic mass is 10.0. The number of para-hydroxylation sites is 1. The number of nitrogens with one attached hydrogen (secondary N) is 1. The van der Waals surface area contributed by atoms with E-state index in [9.17, 15) is 9.90 Å². The van der Waals surface area contributed by atoms with Gasteiger partial charge in [0.25, 0.3) is 0 Å². The summed E-state index contributed by atoms with van der Waals surface area (Å²) < 4.78 is 6.28. The summed E-state index contributed by atoms with van der Waals surface area (Å²) in [6.07, 6.45) is 0.365. The monoisotopic (exact) mass is 423 g/mol. The number of rotatable bonds is 9. The van der Waals surface area contributed by atoms with Crippen molar-refractivity contribution in [1.29, 1.82) is 0 Å². The van der Waals surface area contributed by atoms with E-state index in [1.807, 2.05) is 109 Å². The molecule has 32 heavy (non-hydrogen) atoms. The van der Waals surface area contributed by atoms with Crippen LogP contribution in [0, 0.1) is 0 Å². The second-order valence-electron chi connectivity index (χ2n) is 7.55. The molecule has 0 saturated heterocycles. The Morgan fingerprint density at radius 2 is 1.34 bits per heavy atom. The number of carbonyl (C=O) groups is 1. The molecule has 4 aromatic carbocycles. The van der Waals surface area contributed by atoms with Gasteiger partial charge >= 0.3 is 5.97 Å². The van der Waals surface area contributed by atoms with Crippen LogP contribution in [0.1, 0.15) is 11.1 Å². The molecule has 1 atom stereocenters. The molecule has 160 valence electrons. The highest BCUT2D eigenvalue weighted by Crippen LogP contribution is 2.37. The van der Waals surface area contributed by atoms with E-state index >= 15 is 0 Å². The van der Waals surface area contributed by atoms with Gasteiger partial charge in [-0.25, -0.2) is 4.79 Å². The van der Waals surface area contributed by atoms with Gasteiger partial charge in [0.2, 0.25) is 0 Å². The lowest BCUT2D eigenvalue weighted by Gasteiger charge is -2.21. The lowest BCUT2D eigenvalue weighted by Crippen LogP contribution is -2.31. The van der Waals surface area contributed by atoms with Crippen LogP contribution in [0.15, 0.2) is 109 Å². The molecule has 0 fully saturated rings. The molecule has 0 aromatic heterocycles. The van der Waals surface area contributed by atoms with E-state index in [0.717, 1.165) is 22.3 Å². The average Bonchev–Trinajstić information content (AvgIpc) is 2.84. The topological polar surface area (TPSA) is 58.6 Å². The average molecular weight is 424 g/mol. The highest BCUT2D eigenvalue weighted by Gasteiger charge is 2.21. The first-order chi connectivity index (χ1) is 15.7. The van der Waals surface area contributed by atoms with E-state index in [4.69, 9.17) is 4.74 Å². The number of carboxylic acid groups (broad SMARTS) is 1. The van der Waals surface area contributed by atoms with Crippen molar-refractivity contribution in [2.24, 2.45) is 0 Å². The van der Waals surface area contributed by atoms with Crippen molar-refractivity contribution < 1.29 is 14.6 Å². The standard InChI is InChI=1S/C28H25NO3/c30-28(31)26(19-21-11-4-1-5-12-21)29-25-18-10-17-24(23-15-8-3-9-16-23)27(25)32-20-22-13-6-2-7-14-22/h1-18,26,29H,19-20H2,(H,30,31). The third kappa shape index (κ3) is 5.35. The Morgan fingerprint density at radius 3 is 1.97 bits per heavy atom. The zero-order valence-corrected chi connectivity index (χ0v) is 17.6. The van der Waals surface area contributed by atoms with Gasteiger partial charge in [-0.3, -0.25) is 0 Å². The molecule has 0 aliphatic rings. The van der Waals surface area contributed by atoms with Crippen molar-refractivity contribution in [2.45, 2.75) is 19.1 Å². The normalized spacial score (nSPS) is 11.5. The molecule has 0 amide bonds. The number of aliphatic carboxylic acids is 1. The number of benzene rings is 4. The van der Waals surface area contributed by atoms with Gasteiger partial charge in [-0.2, -0.15) is 0 Å². The van der Waals surface area contributed by atoms with Crippen molar-refractivity contribution in [3.05, 3.63) is 120 Å². The maximum atomic E-state index is 12.1. The number of anilines is 1. The molecule has 4 nitrogen and oxygen atoms in total. The molecule has 0 spiro atoms. The maximum absolute atomic E-state index is 12.1. The lowest BCUT2D eigenvalue weighted by molar-refractivity contribution is -0.137. The molecular formula is C28H25NO3. The van der Waals surface area contributed by atoms with Crippen molar-refractivity contribution in [2.75, 3.05) is 5.32 Å². The SMILES string of the molecule is O=C(O)C(Cc1ccccc1)Nc1cccc(-c2ccccc2)c1OCc1ccccc1. The van der Waals surface area contributed by atoms with Crippen molar-refractivity contribution in [1.82, 2.24) is 0 Å². The second-order valence-corrected chi connectivity index (χ2v) is 7.55. The molecule has 0 saturated carbocycles. The Balaban J connectivity index is 1.67. The van der Waals surface area contributed by atoms with Crippen LogP contribution in [-0.4, -0.2) is 17.1 Å². The van der Waals surface area contributed by atoms with Gasteiger partial charge in [-0.05, 0) is 22.8 Å². The van der Waals surface area contributed by atoms with Crippen LogP contribution in [0.2, 0.25) is 0 Å². The van der Waals surface area contributed by atoms with Crippen molar-refractivity contribution >= 4 is 11.7 Å². The summed E-state index contributed by atoms with van der Waals surface area (Å²) in [5, 5.41) is 13.1.